The van der Waals surface area contributed by atoms with Gasteiger partial charge in [-0.15, -0.1) is 0 Å². The van der Waals surface area contributed by atoms with Crippen molar-refractivity contribution < 1.29 is 0 Å². The molecule has 2 aliphatic rings. The van der Waals surface area contributed by atoms with E-state index in [1.54, 1.807) is 0 Å². The monoisotopic (exact) mass is 496 g/mol. The average Bonchev–Trinajstić information content (AvgIpc) is 3.21. The first-order valence-electron chi connectivity index (χ1n) is 13.4. The lowest BCUT2D eigenvalue weighted by Crippen LogP contribution is -2.38. The highest BCUT2D eigenvalue weighted by molar-refractivity contribution is 5.90. The Morgan fingerprint density at radius 2 is 1.84 bits per heavy atom. The van der Waals surface area contributed by atoms with Crippen molar-refractivity contribution in [2.24, 2.45) is 13.0 Å². The average molecular weight is 497 g/mol. The summed E-state index contributed by atoms with van der Waals surface area (Å²) in [5.41, 5.74) is 8.12. The Hall–Kier alpha value is -3.49. The van der Waals surface area contributed by atoms with Crippen LogP contribution in [0.3, 0.4) is 0 Å². The lowest BCUT2D eigenvalue weighted by atomic mass is 9.94. The van der Waals surface area contributed by atoms with Gasteiger partial charge in [0.15, 0.2) is 11.5 Å². The molecule has 192 valence electrons. The molecule has 0 saturated carbocycles. The van der Waals surface area contributed by atoms with E-state index in [1.165, 1.54) is 41.6 Å². The number of rotatable bonds is 6. The SMILES string of the molecule is Cc1cccc(C)c1Nc1nn(C)c2nc(Nc3ccc4c(c3)CN(CC3CCNCC3)CC4)ncc12. The molecule has 0 bridgehead atoms. The Bertz CT molecular complexity index is 1400. The van der Waals surface area contributed by atoms with Crippen LogP contribution in [0.1, 0.15) is 35.1 Å². The summed E-state index contributed by atoms with van der Waals surface area (Å²) in [5, 5.41) is 16.0. The van der Waals surface area contributed by atoms with Crippen LogP contribution in [0.5, 0.6) is 0 Å². The molecule has 4 heterocycles. The lowest BCUT2D eigenvalue weighted by Gasteiger charge is -2.33. The molecule has 2 aliphatic heterocycles. The van der Waals surface area contributed by atoms with Crippen LogP contribution in [0.25, 0.3) is 11.0 Å². The van der Waals surface area contributed by atoms with Crippen LogP contribution >= 0.6 is 0 Å². The van der Waals surface area contributed by atoms with Crippen LogP contribution in [0, 0.1) is 19.8 Å². The van der Waals surface area contributed by atoms with Crippen molar-refractivity contribution >= 4 is 34.2 Å². The van der Waals surface area contributed by atoms with E-state index in [9.17, 15) is 0 Å². The fraction of sp³-hybridized carbons (Fsp3) is 0.414. The minimum absolute atomic E-state index is 0.580. The maximum atomic E-state index is 4.80. The summed E-state index contributed by atoms with van der Waals surface area (Å²) >= 11 is 0. The van der Waals surface area contributed by atoms with Gasteiger partial charge in [-0.3, -0.25) is 4.90 Å². The van der Waals surface area contributed by atoms with Crippen molar-refractivity contribution in [1.29, 1.82) is 0 Å². The van der Waals surface area contributed by atoms with Gasteiger partial charge in [0.1, 0.15) is 0 Å². The van der Waals surface area contributed by atoms with Gasteiger partial charge in [-0.25, -0.2) is 9.67 Å². The lowest BCUT2D eigenvalue weighted by molar-refractivity contribution is 0.191. The zero-order chi connectivity index (χ0) is 25.4. The number of nitrogens with zero attached hydrogens (tertiary/aromatic N) is 5. The fourth-order valence-corrected chi connectivity index (χ4v) is 5.73. The zero-order valence-electron chi connectivity index (χ0n) is 22.0. The molecular formula is C29H36N8. The minimum Gasteiger partial charge on any atom is -0.338 e. The molecule has 37 heavy (non-hydrogen) atoms. The Balaban J connectivity index is 1.19. The number of anilines is 4. The predicted molar refractivity (Wildman–Crippen MR) is 150 cm³/mol. The standard InChI is InChI=1S/C29H36N8/c1-19-5-4-6-20(2)26(19)33-27-25-16-31-29(34-28(25)36(3)35-27)32-24-8-7-22-11-14-37(18-23(22)15-24)17-21-9-12-30-13-10-21/h4-8,15-16,21,30H,9-14,17-18H2,1-3H3,(H,33,35)(H,31,32,34). The summed E-state index contributed by atoms with van der Waals surface area (Å²) in [6.07, 6.45) is 5.56. The second kappa shape index (κ2) is 10.1. The molecule has 0 aliphatic carbocycles. The molecule has 2 aromatic heterocycles. The van der Waals surface area contributed by atoms with E-state index < -0.39 is 0 Å². The van der Waals surface area contributed by atoms with Gasteiger partial charge < -0.3 is 16.0 Å². The summed E-state index contributed by atoms with van der Waals surface area (Å²) in [6, 6.07) is 12.9. The third-order valence-electron chi connectivity index (χ3n) is 7.83. The van der Waals surface area contributed by atoms with Crippen molar-refractivity contribution in [2.75, 3.05) is 36.8 Å². The summed E-state index contributed by atoms with van der Waals surface area (Å²) in [5.74, 6) is 2.16. The summed E-state index contributed by atoms with van der Waals surface area (Å²) in [6.45, 7) is 9.90. The first-order chi connectivity index (χ1) is 18.0. The molecule has 4 aromatic rings. The Morgan fingerprint density at radius 3 is 2.65 bits per heavy atom. The molecular weight excluding hydrogens is 460 g/mol. The normalized spacial score (nSPS) is 16.6. The van der Waals surface area contributed by atoms with Gasteiger partial charge >= 0.3 is 0 Å². The van der Waals surface area contributed by atoms with E-state index in [4.69, 9.17) is 10.1 Å². The smallest absolute Gasteiger partial charge is 0.229 e. The van der Waals surface area contributed by atoms with Crippen molar-refractivity contribution in [3.8, 4) is 0 Å². The van der Waals surface area contributed by atoms with Crippen LogP contribution in [0.4, 0.5) is 23.1 Å². The topological polar surface area (TPSA) is 82.9 Å². The molecule has 6 rings (SSSR count). The third-order valence-corrected chi connectivity index (χ3v) is 7.83. The van der Waals surface area contributed by atoms with E-state index >= 15 is 0 Å². The van der Waals surface area contributed by atoms with Gasteiger partial charge in [0, 0.05) is 44.3 Å². The first kappa shape index (κ1) is 23.9. The van der Waals surface area contributed by atoms with Crippen LogP contribution < -0.4 is 16.0 Å². The molecule has 1 saturated heterocycles. The van der Waals surface area contributed by atoms with Crippen molar-refractivity contribution in [3.05, 3.63) is 64.8 Å². The van der Waals surface area contributed by atoms with Crippen molar-refractivity contribution in [1.82, 2.24) is 30.0 Å². The van der Waals surface area contributed by atoms with E-state index in [-0.39, 0.29) is 0 Å². The number of piperidine rings is 1. The maximum Gasteiger partial charge on any atom is 0.229 e. The highest BCUT2D eigenvalue weighted by atomic mass is 15.3. The number of fused-ring (bicyclic) bond motifs is 2. The van der Waals surface area contributed by atoms with Gasteiger partial charge in [0.2, 0.25) is 5.95 Å². The minimum atomic E-state index is 0.580. The Labute approximate surface area is 218 Å². The molecule has 8 nitrogen and oxygen atoms in total. The van der Waals surface area contributed by atoms with Gasteiger partial charge in [0.25, 0.3) is 0 Å². The second-order valence-electron chi connectivity index (χ2n) is 10.6. The number of nitrogens with one attached hydrogen (secondary N) is 3. The Kier molecular flexibility index (Phi) is 6.52. The number of benzene rings is 2. The molecule has 3 N–H and O–H groups in total. The zero-order valence-corrected chi connectivity index (χ0v) is 22.0. The second-order valence-corrected chi connectivity index (χ2v) is 10.6. The van der Waals surface area contributed by atoms with Crippen molar-refractivity contribution in [2.45, 2.75) is 39.7 Å². The summed E-state index contributed by atoms with van der Waals surface area (Å²) in [7, 11) is 1.92. The van der Waals surface area contributed by atoms with E-state index in [0.29, 0.717) is 5.95 Å². The third kappa shape index (κ3) is 5.04. The maximum absolute atomic E-state index is 4.80. The molecule has 0 atom stereocenters. The first-order valence-corrected chi connectivity index (χ1v) is 13.4. The van der Waals surface area contributed by atoms with Gasteiger partial charge in [-0.1, -0.05) is 24.3 Å². The van der Waals surface area contributed by atoms with Gasteiger partial charge in [0.05, 0.1) is 5.39 Å². The van der Waals surface area contributed by atoms with E-state index in [1.807, 2.05) is 17.9 Å². The Morgan fingerprint density at radius 1 is 1.03 bits per heavy atom. The molecule has 8 heteroatoms. The highest BCUT2D eigenvalue weighted by Crippen LogP contribution is 2.30. The highest BCUT2D eigenvalue weighted by Gasteiger charge is 2.21. The largest absolute Gasteiger partial charge is 0.338 e. The van der Waals surface area contributed by atoms with Gasteiger partial charge in [-0.2, -0.15) is 10.1 Å². The quantitative estimate of drug-likeness (QED) is 0.353. The molecule has 0 amide bonds. The van der Waals surface area contributed by atoms with E-state index in [2.05, 4.69) is 76.1 Å². The van der Waals surface area contributed by atoms with E-state index in [0.717, 1.165) is 66.7 Å². The summed E-state index contributed by atoms with van der Waals surface area (Å²) < 4.78 is 1.81. The number of hydrogen-bond acceptors (Lipinski definition) is 7. The fourth-order valence-electron chi connectivity index (χ4n) is 5.73. The van der Waals surface area contributed by atoms with Crippen molar-refractivity contribution in [3.63, 3.8) is 0 Å². The molecule has 1 fully saturated rings. The predicted octanol–water partition coefficient (Wildman–Crippen LogP) is 4.83. The number of aromatic nitrogens is 4. The number of hydrogen-bond donors (Lipinski definition) is 3. The number of para-hydroxylation sites is 1. The summed E-state index contributed by atoms with van der Waals surface area (Å²) in [4.78, 5) is 12.1. The molecule has 2 aromatic carbocycles. The van der Waals surface area contributed by atoms with Gasteiger partial charge in [-0.05, 0) is 86.5 Å². The molecule has 0 unspecified atom stereocenters. The molecule has 0 spiro atoms. The van der Waals surface area contributed by atoms with Crippen LogP contribution in [-0.4, -0.2) is 50.8 Å². The number of aryl methyl sites for hydroxylation is 3. The van der Waals surface area contributed by atoms with Crippen LogP contribution in [0.2, 0.25) is 0 Å². The van der Waals surface area contributed by atoms with Crippen LogP contribution in [0.15, 0.2) is 42.6 Å². The molecule has 0 radical (unpaired) electrons. The van der Waals surface area contributed by atoms with Crippen LogP contribution in [-0.2, 0) is 20.0 Å².